The highest BCUT2D eigenvalue weighted by Crippen LogP contribution is 2.44. The maximum absolute atomic E-state index is 10.5. The zero-order valence-corrected chi connectivity index (χ0v) is 14.1. The Bertz CT molecular complexity index is 492. The fourth-order valence-corrected chi connectivity index (χ4v) is 3.88. The number of rotatable bonds is 10. The monoisotopic (exact) mass is 331 g/mol. The van der Waals surface area contributed by atoms with Crippen LogP contribution in [0.15, 0.2) is 24.3 Å². The van der Waals surface area contributed by atoms with Gasteiger partial charge in [0, 0.05) is 13.0 Å². The summed E-state index contributed by atoms with van der Waals surface area (Å²) in [4.78, 5) is 10.5. The van der Waals surface area contributed by atoms with E-state index < -0.39 is 12.6 Å². The second-order valence-electron chi connectivity index (χ2n) is 4.41. The molecule has 0 spiro atoms. The Morgan fingerprint density at radius 2 is 2.00 bits per heavy atom. The van der Waals surface area contributed by atoms with Crippen molar-refractivity contribution >= 4 is 24.4 Å². The zero-order chi connectivity index (χ0) is 15.7. The maximum Gasteiger partial charge on any atom is 0.312 e. The summed E-state index contributed by atoms with van der Waals surface area (Å²) in [5.41, 5.74) is 1.22. The van der Waals surface area contributed by atoms with Crippen molar-refractivity contribution in [2.75, 3.05) is 13.2 Å². The topological polar surface area (TPSA) is 67.8 Å². The normalized spacial score (nSPS) is 13.6. The van der Waals surface area contributed by atoms with E-state index in [1.807, 2.05) is 31.2 Å². The van der Waals surface area contributed by atoms with Crippen molar-refractivity contribution in [3.05, 3.63) is 29.8 Å². The molecule has 2 N–H and O–H groups in total. The summed E-state index contributed by atoms with van der Waals surface area (Å²) in [5.74, 6) is -0.160. The number of hydrogen-bond acceptors (Lipinski definition) is 4. The van der Waals surface area contributed by atoms with E-state index in [-0.39, 0.29) is 6.42 Å². The predicted molar refractivity (Wildman–Crippen MR) is 87.2 cm³/mol. The van der Waals surface area contributed by atoms with Gasteiger partial charge in [-0.05, 0) is 49.3 Å². The summed E-state index contributed by atoms with van der Waals surface area (Å²) in [6.45, 7) is 2.20. The van der Waals surface area contributed by atoms with E-state index in [2.05, 4.69) is 12.0 Å². The van der Waals surface area contributed by atoms with Gasteiger partial charge in [0.2, 0.25) is 0 Å². The molecule has 0 fully saturated rings. The maximum atomic E-state index is 10.5. The Kier molecular flexibility index (Phi) is 7.89. The third kappa shape index (κ3) is 7.05. The van der Waals surface area contributed by atoms with E-state index in [9.17, 15) is 4.79 Å². The third-order valence-corrected chi connectivity index (χ3v) is 5.32. The van der Waals surface area contributed by atoms with E-state index in [1.165, 1.54) is 5.56 Å². The number of hydrogen-bond donors (Lipinski definition) is 2. The largest absolute Gasteiger partial charge is 0.481 e. The molecule has 1 aromatic rings. The lowest BCUT2D eigenvalue weighted by atomic mass is 10.2. The first-order valence-electron chi connectivity index (χ1n) is 6.99. The summed E-state index contributed by atoms with van der Waals surface area (Å²) in [7, 11) is 0. The van der Waals surface area contributed by atoms with Crippen LogP contribution in [-0.4, -0.2) is 24.2 Å². The van der Waals surface area contributed by atoms with Gasteiger partial charge < -0.3 is 14.2 Å². The second kappa shape index (κ2) is 9.15. The summed E-state index contributed by atoms with van der Waals surface area (Å²) >= 11 is 5.43. The molecular formula is C14H22NO4PS. The van der Waals surface area contributed by atoms with Crippen molar-refractivity contribution in [3.8, 4) is 5.75 Å². The molecule has 118 valence electrons. The number of carboxylic acids is 1. The van der Waals surface area contributed by atoms with Crippen LogP contribution in [0.1, 0.15) is 32.3 Å². The molecule has 7 heteroatoms. The molecule has 0 heterocycles. The third-order valence-electron chi connectivity index (χ3n) is 2.73. The van der Waals surface area contributed by atoms with Crippen LogP contribution in [0.5, 0.6) is 5.75 Å². The standard InChI is InChI=1S/C14H22NO4PS/c1-3-12-7-9-13(10-8-12)19-20(21,18-4-2)15-11-5-6-14(16)17/h7-10H,3-6,11H2,1-2H3,(H,15,21)(H,16,17). The molecule has 0 saturated carbocycles. The SMILES string of the molecule is CCOP(=S)(NCCCC(=O)O)Oc1ccc(CC)cc1. The first-order chi connectivity index (χ1) is 9.99. The smallest absolute Gasteiger partial charge is 0.312 e. The summed E-state index contributed by atoms with van der Waals surface area (Å²) < 4.78 is 11.3. The fraction of sp³-hybridized carbons (Fsp3) is 0.500. The van der Waals surface area contributed by atoms with Crippen LogP contribution in [0.2, 0.25) is 0 Å². The van der Waals surface area contributed by atoms with Gasteiger partial charge in [-0.2, -0.15) is 0 Å². The van der Waals surface area contributed by atoms with Crippen molar-refractivity contribution < 1.29 is 18.9 Å². The number of carbonyl (C=O) groups is 1. The predicted octanol–water partition coefficient (Wildman–Crippen LogP) is 3.34. The van der Waals surface area contributed by atoms with E-state index in [0.29, 0.717) is 25.3 Å². The lowest BCUT2D eigenvalue weighted by Crippen LogP contribution is -2.18. The molecule has 1 rings (SSSR count). The minimum absolute atomic E-state index is 0.0969. The highest BCUT2D eigenvalue weighted by Gasteiger charge is 2.19. The molecule has 21 heavy (non-hydrogen) atoms. The van der Waals surface area contributed by atoms with Gasteiger partial charge in [-0.15, -0.1) is 0 Å². The molecule has 0 amide bonds. The van der Waals surface area contributed by atoms with Crippen LogP contribution in [-0.2, 0) is 27.5 Å². The van der Waals surface area contributed by atoms with Gasteiger partial charge >= 0.3 is 12.6 Å². The van der Waals surface area contributed by atoms with Crippen molar-refractivity contribution in [2.24, 2.45) is 0 Å². The average molecular weight is 331 g/mol. The van der Waals surface area contributed by atoms with Gasteiger partial charge in [0.25, 0.3) is 0 Å². The van der Waals surface area contributed by atoms with Crippen LogP contribution in [0.25, 0.3) is 0 Å². The van der Waals surface area contributed by atoms with Gasteiger partial charge in [0.1, 0.15) is 5.75 Å². The Hall–Kier alpha value is -0.940. The van der Waals surface area contributed by atoms with Crippen LogP contribution in [0.3, 0.4) is 0 Å². The van der Waals surface area contributed by atoms with Gasteiger partial charge in [-0.1, -0.05) is 19.1 Å². The first-order valence-corrected chi connectivity index (χ1v) is 9.63. The van der Waals surface area contributed by atoms with Crippen molar-refractivity contribution in [3.63, 3.8) is 0 Å². The zero-order valence-electron chi connectivity index (χ0n) is 12.4. The molecule has 1 aromatic carbocycles. The Balaban J connectivity index is 2.61. The van der Waals surface area contributed by atoms with Gasteiger partial charge in [0.15, 0.2) is 0 Å². The van der Waals surface area contributed by atoms with Crippen molar-refractivity contribution in [1.82, 2.24) is 5.09 Å². The minimum atomic E-state index is -2.63. The Labute approximate surface area is 130 Å². The van der Waals surface area contributed by atoms with Crippen LogP contribution in [0.4, 0.5) is 0 Å². The van der Waals surface area contributed by atoms with Gasteiger partial charge in [0.05, 0.1) is 6.61 Å². The van der Waals surface area contributed by atoms with Crippen LogP contribution in [0, 0.1) is 0 Å². The summed E-state index contributed by atoms with van der Waals surface area (Å²) in [5, 5.41) is 11.7. The summed E-state index contributed by atoms with van der Waals surface area (Å²) in [6.07, 6.45) is 1.55. The summed E-state index contributed by atoms with van der Waals surface area (Å²) in [6, 6.07) is 7.73. The Morgan fingerprint density at radius 3 is 2.52 bits per heavy atom. The molecule has 0 saturated heterocycles. The number of aliphatic carboxylic acids is 1. The molecule has 5 nitrogen and oxygen atoms in total. The van der Waals surface area contributed by atoms with E-state index in [0.717, 1.165) is 6.42 Å². The molecule has 0 bridgehead atoms. The highest BCUT2D eigenvalue weighted by molar-refractivity contribution is 8.09. The second-order valence-corrected chi connectivity index (χ2v) is 7.60. The molecule has 0 aliphatic heterocycles. The quantitative estimate of drug-likeness (QED) is 0.506. The number of benzene rings is 1. The highest BCUT2D eigenvalue weighted by atomic mass is 32.5. The lowest BCUT2D eigenvalue weighted by molar-refractivity contribution is -0.137. The minimum Gasteiger partial charge on any atom is -0.481 e. The number of aryl methyl sites for hydroxylation is 1. The molecule has 1 atom stereocenters. The first kappa shape index (κ1) is 18.1. The Morgan fingerprint density at radius 1 is 1.33 bits per heavy atom. The lowest BCUT2D eigenvalue weighted by Gasteiger charge is -2.23. The molecule has 0 radical (unpaired) electrons. The molecule has 0 aliphatic carbocycles. The fourth-order valence-electron chi connectivity index (χ4n) is 1.65. The van der Waals surface area contributed by atoms with Gasteiger partial charge in [-0.25, -0.2) is 5.09 Å². The van der Waals surface area contributed by atoms with Gasteiger partial charge in [-0.3, -0.25) is 4.79 Å². The van der Waals surface area contributed by atoms with E-state index in [4.69, 9.17) is 26.0 Å². The van der Waals surface area contributed by atoms with Crippen molar-refractivity contribution in [1.29, 1.82) is 0 Å². The van der Waals surface area contributed by atoms with Crippen molar-refractivity contribution in [2.45, 2.75) is 33.1 Å². The number of carboxylic acid groups (broad SMARTS) is 1. The van der Waals surface area contributed by atoms with Crippen LogP contribution < -0.4 is 9.61 Å². The van der Waals surface area contributed by atoms with Crippen LogP contribution >= 0.6 is 6.64 Å². The molecule has 0 aromatic heterocycles. The molecule has 0 aliphatic rings. The van der Waals surface area contributed by atoms with E-state index in [1.54, 1.807) is 0 Å². The average Bonchev–Trinajstić information content (AvgIpc) is 2.44. The number of nitrogens with one attached hydrogen (secondary N) is 1. The van der Waals surface area contributed by atoms with E-state index >= 15 is 0 Å². The molecule has 1 unspecified atom stereocenters. The molecular weight excluding hydrogens is 309 g/mol.